The van der Waals surface area contributed by atoms with Crippen LogP contribution in [0.25, 0.3) is 0 Å². The molecule has 2 unspecified atom stereocenters. The van der Waals surface area contributed by atoms with Gasteiger partial charge in [0.1, 0.15) is 0 Å². The van der Waals surface area contributed by atoms with E-state index in [2.05, 4.69) is 38.1 Å². The molecule has 3 aliphatic carbocycles. The van der Waals surface area contributed by atoms with E-state index in [0.717, 1.165) is 25.0 Å². The van der Waals surface area contributed by atoms with Gasteiger partial charge in [-0.25, -0.2) is 0 Å². The molecule has 0 radical (unpaired) electrons. The average molecular weight is 401 g/mol. The highest BCUT2D eigenvalue weighted by Gasteiger charge is 2.31. The van der Waals surface area contributed by atoms with Gasteiger partial charge in [0.25, 0.3) is 0 Å². The first-order valence-corrected chi connectivity index (χ1v) is 12.6. The van der Waals surface area contributed by atoms with E-state index in [1.165, 1.54) is 93.9 Å². The summed E-state index contributed by atoms with van der Waals surface area (Å²) in [4.78, 5) is 0. The molecule has 0 aromatic heterocycles. The predicted octanol–water partition coefficient (Wildman–Crippen LogP) is 7.41. The Morgan fingerprint density at radius 1 is 0.690 bits per heavy atom. The fourth-order valence-corrected chi connectivity index (χ4v) is 4.99. The topological polar surface area (TPSA) is 18.5 Å². The summed E-state index contributed by atoms with van der Waals surface area (Å²) in [6.45, 7) is 6.26. The van der Waals surface area contributed by atoms with Gasteiger partial charge in [-0.3, -0.25) is 0 Å². The molecule has 2 nitrogen and oxygen atoms in total. The van der Waals surface area contributed by atoms with Gasteiger partial charge in [-0.15, -0.1) is 0 Å². The van der Waals surface area contributed by atoms with Crippen LogP contribution in [-0.4, -0.2) is 25.4 Å². The third-order valence-electron chi connectivity index (χ3n) is 7.22. The van der Waals surface area contributed by atoms with Crippen molar-refractivity contribution in [1.29, 1.82) is 0 Å². The van der Waals surface area contributed by atoms with E-state index in [1.54, 1.807) is 0 Å². The molecule has 0 bridgehead atoms. The lowest BCUT2D eigenvalue weighted by atomic mass is 9.77. The van der Waals surface area contributed by atoms with Crippen molar-refractivity contribution < 1.29 is 9.47 Å². The maximum Gasteiger partial charge on any atom is 0.0838 e. The number of rotatable bonds is 10. The van der Waals surface area contributed by atoms with E-state index in [9.17, 15) is 0 Å². The van der Waals surface area contributed by atoms with E-state index < -0.39 is 0 Å². The molecule has 1 heterocycles. The second-order valence-corrected chi connectivity index (χ2v) is 9.53. The number of hydrogen-bond acceptors (Lipinski definition) is 2. The normalized spacial score (nSPS) is 27.8. The Bertz CT molecular complexity index is 588. The second-order valence-electron chi connectivity index (χ2n) is 9.53. The van der Waals surface area contributed by atoms with Crippen molar-refractivity contribution in [3.05, 3.63) is 34.7 Å². The molecule has 29 heavy (non-hydrogen) atoms. The van der Waals surface area contributed by atoms with Gasteiger partial charge in [0.05, 0.1) is 25.4 Å². The Morgan fingerprint density at radius 3 is 1.83 bits per heavy atom. The van der Waals surface area contributed by atoms with Gasteiger partial charge in [-0.1, -0.05) is 102 Å². The summed E-state index contributed by atoms with van der Waals surface area (Å²) in [5.41, 5.74) is 0. The molecule has 2 heteroatoms. The van der Waals surface area contributed by atoms with Crippen LogP contribution in [0.5, 0.6) is 0 Å². The molecule has 0 N–H and O–H groups in total. The van der Waals surface area contributed by atoms with Gasteiger partial charge in [-0.05, 0) is 41.5 Å². The van der Waals surface area contributed by atoms with Crippen molar-refractivity contribution in [2.75, 3.05) is 13.2 Å². The van der Waals surface area contributed by atoms with Crippen molar-refractivity contribution in [3.63, 3.8) is 0 Å². The maximum atomic E-state index is 6.20. The summed E-state index contributed by atoms with van der Waals surface area (Å²) >= 11 is 0. The van der Waals surface area contributed by atoms with Crippen molar-refractivity contribution in [3.8, 4) is 0 Å². The highest BCUT2D eigenvalue weighted by atomic mass is 16.6. The molecule has 1 aliphatic heterocycles. The van der Waals surface area contributed by atoms with Crippen LogP contribution in [0.2, 0.25) is 0 Å². The standard InChI is InChI=1S/C21H40O2.C6H4/c1-3-5-7-9-11-20-16-23-21(17-22-20)19-14-12-18(13-15-19)10-8-6-4-2;1-2-6-4-3-5(1)6/h18-21H,3-17H2,1-2H3;1-4H. The minimum Gasteiger partial charge on any atom is -0.373 e. The summed E-state index contributed by atoms with van der Waals surface area (Å²) in [7, 11) is 0. The first-order valence-electron chi connectivity index (χ1n) is 12.6. The first-order chi connectivity index (χ1) is 14.3. The number of benzene rings is 1. The summed E-state index contributed by atoms with van der Waals surface area (Å²) in [6.07, 6.45) is 18.5. The first kappa shape index (κ1) is 22.8. The van der Waals surface area contributed by atoms with Crippen LogP contribution in [0.15, 0.2) is 24.3 Å². The lowest BCUT2D eigenvalue weighted by Gasteiger charge is -2.38. The summed E-state index contributed by atoms with van der Waals surface area (Å²) < 4.78 is 12.3. The molecule has 164 valence electrons. The van der Waals surface area contributed by atoms with Crippen molar-refractivity contribution in [2.45, 2.75) is 110 Å². The van der Waals surface area contributed by atoms with Gasteiger partial charge < -0.3 is 9.47 Å². The second kappa shape index (κ2) is 12.7. The zero-order valence-electron chi connectivity index (χ0n) is 19.0. The van der Waals surface area contributed by atoms with E-state index >= 15 is 0 Å². The molecule has 1 saturated carbocycles. The van der Waals surface area contributed by atoms with E-state index in [-0.39, 0.29) is 0 Å². The zero-order valence-corrected chi connectivity index (χ0v) is 19.0. The SMILES string of the molecule is CCCCCCC1COC(C2CCC(CCCCC)CC2)CO1.c1cc2ccc1=2. The Morgan fingerprint density at radius 2 is 1.31 bits per heavy atom. The van der Waals surface area contributed by atoms with Crippen LogP contribution in [0.4, 0.5) is 0 Å². The molecule has 1 saturated heterocycles. The van der Waals surface area contributed by atoms with E-state index in [4.69, 9.17) is 9.47 Å². The quantitative estimate of drug-likeness (QED) is 0.386. The molecule has 0 amide bonds. The van der Waals surface area contributed by atoms with E-state index in [1.807, 2.05) is 0 Å². The molecule has 2 atom stereocenters. The maximum absolute atomic E-state index is 6.20. The van der Waals surface area contributed by atoms with Gasteiger partial charge in [-0.2, -0.15) is 0 Å². The molecule has 0 spiro atoms. The monoisotopic (exact) mass is 400 g/mol. The van der Waals surface area contributed by atoms with Crippen LogP contribution < -0.4 is 0 Å². The highest BCUT2D eigenvalue weighted by molar-refractivity contribution is 5.22. The summed E-state index contributed by atoms with van der Waals surface area (Å²) in [5, 5.41) is 2.85. The molecular weight excluding hydrogens is 356 g/mol. The third kappa shape index (κ3) is 7.40. The molecule has 0 aromatic carbocycles. The van der Waals surface area contributed by atoms with Gasteiger partial charge >= 0.3 is 0 Å². The van der Waals surface area contributed by atoms with Crippen LogP contribution >= 0.6 is 0 Å². The number of unbranched alkanes of at least 4 members (excludes halogenated alkanes) is 5. The fourth-order valence-electron chi connectivity index (χ4n) is 4.99. The Kier molecular flexibility index (Phi) is 10.0. The van der Waals surface area contributed by atoms with Gasteiger partial charge in [0.2, 0.25) is 0 Å². The minimum absolute atomic E-state index is 0.369. The van der Waals surface area contributed by atoms with Crippen molar-refractivity contribution >= 4 is 0 Å². The molecule has 4 rings (SSSR count). The van der Waals surface area contributed by atoms with Crippen molar-refractivity contribution in [1.82, 2.24) is 0 Å². The Labute approximate surface area is 179 Å². The van der Waals surface area contributed by atoms with Crippen LogP contribution in [0.1, 0.15) is 97.3 Å². The van der Waals surface area contributed by atoms with Crippen LogP contribution in [0.3, 0.4) is 0 Å². The predicted molar refractivity (Wildman–Crippen MR) is 122 cm³/mol. The Hall–Kier alpha value is -0.860. The average Bonchev–Trinajstić information content (AvgIpc) is 2.75. The van der Waals surface area contributed by atoms with Gasteiger partial charge in [0.15, 0.2) is 0 Å². The molecule has 0 aromatic rings. The number of ether oxygens (including phenoxy) is 2. The van der Waals surface area contributed by atoms with Gasteiger partial charge in [0, 0.05) is 0 Å². The lowest BCUT2D eigenvalue weighted by Crippen LogP contribution is -2.41. The van der Waals surface area contributed by atoms with Crippen molar-refractivity contribution in [2.24, 2.45) is 11.8 Å². The van der Waals surface area contributed by atoms with Crippen LogP contribution in [0, 0.1) is 22.3 Å². The largest absolute Gasteiger partial charge is 0.373 e. The summed E-state index contributed by atoms with van der Waals surface area (Å²) in [6, 6.07) is 8.48. The third-order valence-corrected chi connectivity index (χ3v) is 7.22. The highest BCUT2D eigenvalue weighted by Crippen LogP contribution is 2.35. The fraction of sp³-hybridized carbons (Fsp3) is 0.778. The summed E-state index contributed by atoms with van der Waals surface area (Å²) in [5.74, 6) is 1.76. The Balaban J connectivity index is 0.000000334. The molecule has 4 aliphatic rings. The zero-order chi connectivity index (χ0) is 20.3. The minimum atomic E-state index is 0.369. The molecule has 2 fully saturated rings. The van der Waals surface area contributed by atoms with Crippen LogP contribution in [-0.2, 0) is 9.47 Å². The number of hydrogen-bond donors (Lipinski definition) is 0. The molecular formula is C27H44O2. The van der Waals surface area contributed by atoms with E-state index in [0.29, 0.717) is 12.2 Å². The smallest absolute Gasteiger partial charge is 0.0838 e. The lowest BCUT2D eigenvalue weighted by molar-refractivity contribution is -0.157.